The number of benzene rings is 1. The highest BCUT2D eigenvalue weighted by Crippen LogP contribution is 2.24. The van der Waals surface area contributed by atoms with Crippen molar-refractivity contribution in [3.63, 3.8) is 0 Å². The number of rotatable bonds is 7. The normalized spacial score (nSPS) is 11.7. The molecular weight excluding hydrogens is 322 g/mol. The molecular formula is C19H23NO5. The third-order valence-electron chi connectivity index (χ3n) is 3.65. The summed E-state index contributed by atoms with van der Waals surface area (Å²) in [6, 6.07) is 7.17. The predicted octanol–water partition coefficient (Wildman–Crippen LogP) is 3.00. The third-order valence-corrected chi connectivity index (χ3v) is 3.65. The van der Waals surface area contributed by atoms with Gasteiger partial charge in [-0.15, -0.1) is 0 Å². The molecule has 0 bridgehead atoms. The second kappa shape index (κ2) is 8.37. The number of aryl methyl sites for hydroxylation is 3. The first-order valence-corrected chi connectivity index (χ1v) is 8.06. The first kappa shape index (κ1) is 18.6. The molecule has 0 radical (unpaired) electrons. The van der Waals surface area contributed by atoms with Crippen molar-refractivity contribution in [1.29, 1.82) is 0 Å². The summed E-state index contributed by atoms with van der Waals surface area (Å²) in [7, 11) is 0. The first-order chi connectivity index (χ1) is 11.9. The summed E-state index contributed by atoms with van der Waals surface area (Å²) < 4.78 is 15.7. The highest BCUT2D eigenvalue weighted by Gasteiger charge is 2.14. The van der Waals surface area contributed by atoms with Gasteiger partial charge in [-0.2, -0.15) is 0 Å². The van der Waals surface area contributed by atoms with Crippen molar-refractivity contribution in [3.05, 3.63) is 53.0 Å². The number of furan rings is 1. The van der Waals surface area contributed by atoms with Gasteiger partial charge in [0.2, 0.25) is 0 Å². The molecule has 6 nitrogen and oxygen atoms in total. The summed E-state index contributed by atoms with van der Waals surface area (Å²) in [5.41, 5.74) is 3.04. The van der Waals surface area contributed by atoms with Gasteiger partial charge in [0.05, 0.1) is 12.3 Å². The molecule has 0 aliphatic carbocycles. The molecule has 0 saturated heterocycles. The van der Waals surface area contributed by atoms with E-state index in [0.29, 0.717) is 11.5 Å². The number of hydrogen-bond acceptors (Lipinski definition) is 5. The van der Waals surface area contributed by atoms with Crippen LogP contribution in [0, 0.1) is 20.8 Å². The average molecular weight is 345 g/mol. The Labute approximate surface area is 147 Å². The minimum Gasteiger partial charge on any atom is -0.481 e. The number of carbonyl (C=O) groups is 2. The minimum atomic E-state index is -0.597. The van der Waals surface area contributed by atoms with Crippen LogP contribution >= 0.6 is 0 Å². The fourth-order valence-electron chi connectivity index (χ4n) is 2.61. The maximum Gasteiger partial charge on any atom is 0.344 e. The quantitative estimate of drug-likeness (QED) is 0.781. The van der Waals surface area contributed by atoms with Gasteiger partial charge >= 0.3 is 5.97 Å². The molecule has 0 spiro atoms. The molecule has 1 heterocycles. The van der Waals surface area contributed by atoms with Gasteiger partial charge in [-0.3, -0.25) is 4.79 Å². The number of esters is 1. The molecule has 0 saturated carbocycles. The fourth-order valence-corrected chi connectivity index (χ4v) is 2.61. The Balaban J connectivity index is 1.76. The zero-order chi connectivity index (χ0) is 18.4. The van der Waals surface area contributed by atoms with E-state index in [1.807, 2.05) is 32.9 Å². The Kier molecular flexibility index (Phi) is 6.22. The number of hydrogen-bond donors (Lipinski definition) is 1. The first-order valence-electron chi connectivity index (χ1n) is 8.06. The molecule has 1 atom stereocenters. The number of amides is 1. The molecule has 2 aromatic rings. The van der Waals surface area contributed by atoms with Crippen molar-refractivity contribution in [1.82, 2.24) is 5.32 Å². The largest absolute Gasteiger partial charge is 0.481 e. The van der Waals surface area contributed by atoms with Crippen LogP contribution in [0.1, 0.15) is 35.4 Å². The van der Waals surface area contributed by atoms with E-state index in [4.69, 9.17) is 13.9 Å². The molecule has 2 rings (SSSR count). The molecule has 0 aliphatic heterocycles. The van der Waals surface area contributed by atoms with E-state index in [2.05, 4.69) is 5.32 Å². The summed E-state index contributed by atoms with van der Waals surface area (Å²) >= 11 is 0. The Hall–Kier alpha value is -2.76. The van der Waals surface area contributed by atoms with Gasteiger partial charge in [-0.1, -0.05) is 17.7 Å². The molecule has 25 heavy (non-hydrogen) atoms. The lowest BCUT2D eigenvalue weighted by atomic mass is 10.1. The summed E-state index contributed by atoms with van der Waals surface area (Å²) in [6.45, 7) is 7.02. The van der Waals surface area contributed by atoms with Crippen LogP contribution in [0.15, 0.2) is 34.9 Å². The summed E-state index contributed by atoms with van der Waals surface area (Å²) in [5.74, 6) is 0.298. The Morgan fingerprint density at radius 2 is 1.84 bits per heavy atom. The van der Waals surface area contributed by atoms with Crippen molar-refractivity contribution >= 4 is 11.9 Å². The van der Waals surface area contributed by atoms with Gasteiger partial charge in [-0.05, 0) is 51.0 Å². The summed E-state index contributed by atoms with van der Waals surface area (Å²) in [6.07, 6.45) is 1.53. The van der Waals surface area contributed by atoms with Gasteiger partial charge in [0.15, 0.2) is 13.2 Å². The van der Waals surface area contributed by atoms with Crippen molar-refractivity contribution in [2.24, 2.45) is 0 Å². The zero-order valence-corrected chi connectivity index (χ0v) is 14.9. The molecule has 6 heteroatoms. The molecule has 0 unspecified atom stereocenters. The average Bonchev–Trinajstić information content (AvgIpc) is 3.06. The van der Waals surface area contributed by atoms with Gasteiger partial charge < -0.3 is 19.2 Å². The van der Waals surface area contributed by atoms with Crippen molar-refractivity contribution in [2.75, 3.05) is 13.2 Å². The standard InChI is InChI=1S/C19H23NO5/c1-12-8-13(2)19(14(3)9-12)25-11-18(22)24-10-17(21)20-15(4)16-6-5-7-23-16/h5-9,15H,10-11H2,1-4H3,(H,20,21)/t15-/m1/s1. The van der Waals surface area contributed by atoms with Crippen LogP contribution in [-0.2, 0) is 14.3 Å². The number of nitrogens with one attached hydrogen (secondary N) is 1. The van der Waals surface area contributed by atoms with Gasteiger partial charge in [-0.25, -0.2) is 4.79 Å². The molecule has 1 amide bonds. The molecule has 1 aromatic heterocycles. The van der Waals surface area contributed by atoms with E-state index in [9.17, 15) is 9.59 Å². The predicted molar refractivity (Wildman–Crippen MR) is 92.4 cm³/mol. The lowest BCUT2D eigenvalue weighted by molar-refractivity contribution is -0.150. The van der Waals surface area contributed by atoms with Crippen LogP contribution in [0.5, 0.6) is 5.75 Å². The van der Waals surface area contributed by atoms with Crippen LogP contribution in [0.4, 0.5) is 0 Å². The molecule has 0 aliphatic rings. The Morgan fingerprint density at radius 1 is 1.16 bits per heavy atom. The monoisotopic (exact) mass is 345 g/mol. The fraction of sp³-hybridized carbons (Fsp3) is 0.368. The van der Waals surface area contributed by atoms with E-state index < -0.39 is 11.9 Å². The maximum absolute atomic E-state index is 11.8. The molecule has 134 valence electrons. The van der Waals surface area contributed by atoms with E-state index in [1.54, 1.807) is 19.1 Å². The molecule has 1 aromatic carbocycles. The van der Waals surface area contributed by atoms with Crippen molar-refractivity contribution < 1.29 is 23.5 Å². The van der Waals surface area contributed by atoms with Crippen molar-refractivity contribution in [2.45, 2.75) is 33.7 Å². The lowest BCUT2D eigenvalue weighted by Gasteiger charge is -2.13. The molecule has 0 fully saturated rings. The highest BCUT2D eigenvalue weighted by atomic mass is 16.6. The topological polar surface area (TPSA) is 77.8 Å². The molecule has 1 N–H and O–H groups in total. The van der Waals surface area contributed by atoms with Crippen molar-refractivity contribution in [3.8, 4) is 5.75 Å². The van der Waals surface area contributed by atoms with Gasteiger partial charge in [0, 0.05) is 0 Å². The summed E-state index contributed by atoms with van der Waals surface area (Å²) in [4.78, 5) is 23.6. The van der Waals surface area contributed by atoms with Gasteiger partial charge in [0.25, 0.3) is 5.91 Å². The van der Waals surface area contributed by atoms with E-state index in [0.717, 1.165) is 16.7 Å². The third kappa shape index (κ3) is 5.38. The van der Waals surface area contributed by atoms with E-state index in [1.165, 1.54) is 6.26 Å². The van der Waals surface area contributed by atoms with Crippen LogP contribution in [-0.4, -0.2) is 25.1 Å². The van der Waals surface area contributed by atoms with Gasteiger partial charge in [0.1, 0.15) is 11.5 Å². The SMILES string of the molecule is Cc1cc(C)c(OCC(=O)OCC(=O)N[C@H](C)c2ccco2)c(C)c1. The van der Waals surface area contributed by atoms with Crippen LogP contribution in [0.3, 0.4) is 0 Å². The van der Waals surface area contributed by atoms with E-state index in [-0.39, 0.29) is 19.3 Å². The Bertz CT molecular complexity index is 713. The Morgan fingerprint density at radius 3 is 2.44 bits per heavy atom. The van der Waals surface area contributed by atoms with Crippen LogP contribution in [0.25, 0.3) is 0 Å². The summed E-state index contributed by atoms with van der Waals surface area (Å²) in [5, 5.41) is 2.69. The minimum absolute atomic E-state index is 0.244. The van der Waals surface area contributed by atoms with Crippen LogP contribution < -0.4 is 10.1 Å². The van der Waals surface area contributed by atoms with E-state index >= 15 is 0 Å². The smallest absolute Gasteiger partial charge is 0.344 e. The number of ether oxygens (including phenoxy) is 2. The second-order valence-corrected chi connectivity index (χ2v) is 5.98. The highest BCUT2D eigenvalue weighted by molar-refractivity contribution is 5.81. The lowest BCUT2D eigenvalue weighted by Crippen LogP contribution is -2.31. The number of carbonyl (C=O) groups excluding carboxylic acids is 2. The van der Waals surface area contributed by atoms with Crippen LogP contribution in [0.2, 0.25) is 0 Å². The zero-order valence-electron chi connectivity index (χ0n) is 14.9. The second-order valence-electron chi connectivity index (χ2n) is 5.98. The maximum atomic E-state index is 11.8.